The van der Waals surface area contributed by atoms with Gasteiger partial charge < -0.3 is 4.74 Å². The standard InChI is InChI=1S/C9H16O2S/c1-5-11-9(10)8(12-4)6-7(2)3/h8H,2,5-6H2,1,3-4H3. The van der Waals surface area contributed by atoms with E-state index in [0.29, 0.717) is 13.0 Å². The van der Waals surface area contributed by atoms with Gasteiger partial charge in [0.1, 0.15) is 5.25 Å². The van der Waals surface area contributed by atoms with Gasteiger partial charge in [-0.3, -0.25) is 4.79 Å². The molecule has 12 heavy (non-hydrogen) atoms. The second-order valence-electron chi connectivity index (χ2n) is 2.64. The van der Waals surface area contributed by atoms with Crippen LogP contribution in [0.15, 0.2) is 12.2 Å². The number of hydrogen-bond donors (Lipinski definition) is 0. The van der Waals surface area contributed by atoms with E-state index in [1.807, 2.05) is 20.1 Å². The monoisotopic (exact) mass is 188 g/mol. The maximum absolute atomic E-state index is 11.2. The van der Waals surface area contributed by atoms with E-state index in [4.69, 9.17) is 4.74 Å². The van der Waals surface area contributed by atoms with Crippen LogP contribution >= 0.6 is 11.8 Å². The molecule has 0 amide bonds. The first kappa shape index (κ1) is 11.6. The molecule has 0 aromatic carbocycles. The van der Waals surface area contributed by atoms with Crippen LogP contribution in [0.2, 0.25) is 0 Å². The van der Waals surface area contributed by atoms with Gasteiger partial charge in [-0.25, -0.2) is 0 Å². The molecule has 0 aromatic rings. The van der Waals surface area contributed by atoms with Crippen LogP contribution in [-0.2, 0) is 9.53 Å². The fourth-order valence-electron chi connectivity index (χ4n) is 0.815. The van der Waals surface area contributed by atoms with Crippen molar-refractivity contribution < 1.29 is 9.53 Å². The summed E-state index contributed by atoms with van der Waals surface area (Å²) in [5.41, 5.74) is 1.02. The highest BCUT2D eigenvalue weighted by Gasteiger charge is 2.17. The van der Waals surface area contributed by atoms with Crippen LogP contribution in [0.25, 0.3) is 0 Å². The van der Waals surface area contributed by atoms with Crippen LogP contribution in [0.3, 0.4) is 0 Å². The Morgan fingerprint density at radius 1 is 1.67 bits per heavy atom. The van der Waals surface area contributed by atoms with Crippen LogP contribution in [-0.4, -0.2) is 24.1 Å². The molecule has 0 aliphatic heterocycles. The van der Waals surface area contributed by atoms with Gasteiger partial charge >= 0.3 is 5.97 Å². The molecule has 1 unspecified atom stereocenters. The average molecular weight is 188 g/mol. The molecule has 0 spiro atoms. The van der Waals surface area contributed by atoms with Gasteiger partial charge in [-0.05, 0) is 26.5 Å². The van der Waals surface area contributed by atoms with Crippen molar-refractivity contribution in [1.29, 1.82) is 0 Å². The molecule has 0 fully saturated rings. The fraction of sp³-hybridized carbons (Fsp3) is 0.667. The van der Waals surface area contributed by atoms with E-state index >= 15 is 0 Å². The number of hydrogen-bond acceptors (Lipinski definition) is 3. The minimum absolute atomic E-state index is 0.0811. The van der Waals surface area contributed by atoms with Crippen molar-refractivity contribution in [2.75, 3.05) is 12.9 Å². The Hall–Kier alpha value is -0.440. The quantitative estimate of drug-likeness (QED) is 0.489. The van der Waals surface area contributed by atoms with Crippen molar-refractivity contribution in [1.82, 2.24) is 0 Å². The molecule has 3 heteroatoms. The molecule has 0 bridgehead atoms. The third-order valence-corrected chi connectivity index (χ3v) is 2.30. The highest BCUT2D eigenvalue weighted by atomic mass is 32.2. The number of ether oxygens (including phenoxy) is 1. The topological polar surface area (TPSA) is 26.3 Å². The van der Waals surface area contributed by atoms with Crippen LogP contribution in [0.1, 0.15) is 20.3 Å². The maximum Gasteiger partial charge on any atom is 0.319 e. The molecule has 0 aliphatic carbocycles. The van der Waals surface area contributed by atoms with E-state index in [2.05, 4.69) is 6.58 Å². The summed E-state index contributed by atoms with van der Waals surface area (Å²) in [6, 6.07) is 0. The van der Waals surface area contributed by atoms with E-state index in [1.165, 1.54) is 11.8 Å². The second-order valence-corrected chi connectivity index (χ2v) is 3.68. The molecule has 0 N–H and O–H groups in total. The van der Waals surface area contributed by atoms with E-state index in [0.717, 1.165) is 5.57 Å². The molecule has 0 rings (SSSR count). The molecular formula is C9H16O2S. The predicted octanol–water partition coefficient (Wildman–Crippen LogP) is 2.25. The third kappa shape index (κ3) is 4.44. The summed E-state index contributed by atoms with van der Waals surface area (Å²) >= 11 is 1.51. The van der Waals surface area contributed by atoms with Crippen molar-refractivity contribution in [2.45, 2.75) is 25.5 Å². The van der Waals surface area contributed by atoms with Crippen LogP contribution < -0.4 is 0 Å². The lowest BCUT2D eigenvalue weighted by atomic mass is 10.2. The summed E-state index contributed by atoms with van der Waals surface area (Å²) in [5, 5.41) is -0.0811. The first-order valence-corrected chi connectivity index (χ1v) is 5.24. The lowest BCUT2D eigenvalue weighted by molar-refractivity contribution is -0.142. The molecule has 70 valence electrons. The zero-order valence-electron chi connectivity index (χ0n) is 7.92. The van der Waals surface area contributed by atoms with Crippen LogP contribution in [0, 0.1) is 0 Å². The number of carbonyl (C=O) groups is 1. The molecule has 0 radical (unpaired) electrons. The van der Waals surface area contributed by atoms with E-state index in [9.17, 15) is 4.79 Å². The van der Waals surface area contributed by atoms with E-state index in [1.54, 1.807) is 0 Å². The minimum Gasteiger partial charge on any atom is -0.465 e. The number of esters is 1. The minimum atomic E-state index is -0.131. The van der Waals surface area contributed by atoms with Gasteiger partial charge in [0, 0.05) is 0 Å². The van der Waals surface area contributed by atoms with Crippen LogP contribution in [0.4, 0.5) is 0 Å². The number of rotatable bonds is 5. The molecule has 2 nitrogen and oxygen atoms in total. The van der Waals surface area contributed by atoms with Gasteiger partial charge in [-0.15, -0.1) is 18.3 Å². The number of carbonyl (C=O) groups excluding carboxylic acids is 1. The first-order chi connectivity index (χ1) is 5.61. The molecule has 0 saturated carbocycles. The molecule has 0 saturated heterocycles. The number of thioether (sulfide) groups is 1. The summed E-state index contributed by atoms with van der Waals surface area (Å²) in [6.07, 6.45) is 2.62. The Morgan fingerprint density at radius 2 is 2.25 bits per heavy atom. The summed E-state index contributed by atoms with van der Waals surface area (Å²) in [4.78, 5) is 11.2. The zero-order valence-corrected chi connectivity index (χ0v) is 8.74. The largest absolute Gasteiger partial charge is 0.465 e. The lowest BCUT2D eigenvalue weighted by Crippen LogP contribution is -2.20. The molecular weight excluding hydrogens is 172 g/mol. The fourth-order valence-corrected chi connectivity index (χ4v) is 1.53. The van der Waals surface area contributed by atoms with Crippen LogP contribution in [0.5, 0.6) is 0 Å². The molecule has 0 aliphatic rings. The maximum atomic E-state index is 11.2. The smallest absolute Gasteiger partial charge is 0.319 e. The van der Waals surface area contributed by atoms with Crippen molar-refractivity contribution >= 4 is 17.7 Å². The third-order valence-electron chi connectivity index (χ3n) is 1.37. The average Bonchev–Trinajstić information content (AvgIpc) is 2.00. The highest BCUT2D eigenvalue weighted by Crippen LogP contribution is 2.16. The first-order valence-electron chi connectivity index (χ1n) is 3.95. The molecule has 1 atom stereocenters. The summed E-state index contributed by atoms with van der Waals surface area (Å²) < 4.78 is 4.89. The Labute approximate surface area is 78.4 Å². The SMILES string of the molecule is C=C(C)CC(SC)C(=O)OCC. The summed E-state index contributed by atoms with van der Waals surface area (Å²) in [5.74, 6) is -0.131. The van der Waals surface area contributed by atoms with Gasteiger partial charge in [-0.2, -0.15) is 0 Å². The molecule has 0 aromatic heterocycles. The summed E-state index contributed by atoms with van der Waals surface area (Å²) in [6.45, 7) is 7.95. The number of allylic oxidation sites excluding steroid dienone is 1. The normalized spacial score (nSPS) is 12.2. The lowest BCUT2D eigenvalue weighted by Gasteiger charge is -2.12. The Morgan fingerprint density at radius 3 is 2.58 bits per heavy atom. The second kappa shape index (κ2) is 6.12. The van der Waals surface area contributed by atoms with Crippen molar-refractivity contribution in [3.63, 3.8) is 0 Å². The van der Waals surface area contributed by atoms with E-state index < -0.39 is 0 Å². The van der Waals surface area contributed by atoms with Gasteiger partial charge in [0.25, 0.3) is 0 Å². The Kier molecular flexibility index (Phi) is 5.89. The van der Waals surface area contributed by atoms with Gasteiger partial charge in [0.05, 0.1) is 6.61 Å². The van der Waals surface area contributed by atoms with Gasteiger partial charge in [-0.1, -0.05) is 5.57 Å². The Bertz CT molecular complexity index is 166. The summed E-state index contributed by atoms with van der Waals surface area (Å²) in [7, 11) is 0. The predicted molar refractivity (Wildman–Crippen MR) is 53.4 cm³/mol. The van der Waals surface area contributed by atoms with Crippen molar-refractivity contribution in [3.05, 3.63) is 12.2 Å². The van der Waals surface area contributed by atoms with E-state index in [-0.39, 0.29) is 11.2 Å². The highest BCUT2D eigenvalue weighted by molar-refractivity contribution is 7.99. The van der Waals surface area contributed by atoms with Gasteiger partial charge in [0.2, 0.25) is 0 Å². The molecule has 0 heterocycles. The van der Waals surface area contributed by atoms with Gasteiger partial charge in [0.15, 0.2) is 0 Å². The van der Waals surface area contributed by atoms with Crippen molar-refractivity contribution in [3.8, 4) is 0 Å². The Balaban J connectivity index is 3.96. The zero-order chi connectivity index (χ0) is 9.56. The van der Waals surface area contributed by atoms with Crippen molar-refractivity contribution in [2.24, 2.45) is 0 Å².